The van der Waals surface area contributed by atoms with Gasteiger partial charge in [0.15, 0.2) is 0 Å². The van der Waals surface area contributed by atoms with Crippen LogP contribution in [0.3, 0.4) is 0 Å². The number of nitrogens with zero attached hydrogens (tertiary/aromatic N) is 2. The summed E-state index contributed by atoms with van der Waals surface area (Å²) in [6.07, 6.45) is -2.44. The molecule has 5 nitrogen and oxygen atoms in total. The second kappa shape index (κ2) is 9.30. The molecule has 1 aliphatic rings. The maximum absolute atomic E-state index is 12.8. The minimum atomic E-state index is -4.54. The maximum Gasteiger partial charge on any atom is 0.416 e. The molecule has 154 valence electrons. The Bertz CT molecular complexity index is 830. The molecule has 3 rings (SSSR count). The molecule has 3 N–H and O–H groups in total. The van der Waals surface area contributed by atoms with E-state index >= 15 is 0 Å². The quantitative estimate of drug-likeness (QED) is 0.675. The number of phenolic OH excluding ortho intramolecular Hbond substituents is 1. The van der Waals surface area contributed by atoms with Crippen molar-refractivity contribution in [2.45, 2.75) is 42.8 Å². The highest BCUT2D eigenvalue weighted by atomic mass is 35.5. The molecule has 1 fully saturated rings. The van der Waals surface area contributed by atoms with E-state index in [0.29, 0.717) is 27.5 Å². The minimum Gasteiger partial charge on any atom is -0.507 e. The van der Waals surface area contributed by atoms with Gasteiger partial charge in [-0.25, -0.2) is 0 Å². The topological polar surface area (TPSA) is 78.3 Å². The van der Waals surface area contributed by atoms with Crippen molar-refractivity contribution in [1.82, 2.24) is 15.5 Å². The molecule has 1 aromatic heterocycles. The van der Waals surface area contributed by atoms with E-state index in [0.717, 1.165) is 32.0 Å². The summed E-state index contributed by atoms with van der Waals surface area (Å²) in [5.74, 6) is -0.525. The van der Waals surface area contributed by atoms with Crippen LogP contribution < -0.4 is 5.32 Å². The summed E-state index contributed by atoms with van der Waals surface area (Å²) in [5.41, 5.74) is 0.646. The van der Waals surface area contributed by atoms with Gasteiger partial charge in [-0.1, -0.05) is 11.8 Å². The van der Waals surface area contributed by atoms with Crippen molar-refractivity contribution in [3.63, 3.8) is 0 Å². The van der Waals surface area contributed by atoms with E-state index in [1.807, 2.05) is 0 Å². The second-order valence-corrected chi connectivity index (χ2v) is 7.72. The molecule has 0 radical (unpaired) electrons. The van der Waals surface area contributed by atoms with E-state index in [1.165, 1.54) is 17.8 Å². The van der Waals surface area contributed by atoms with Gasteiger partial charge in [-0.15, -0.1) is 22.6 Å². The van der Waals surface area contributed by atoms with Crippen molar-refractivity contribution in [2.24, 2.45) is 0 Å². The summed E-state index contributed by atoms with van der Waals surface area (Å²) in [7, 11) is 0. The Labute approximate surface area is 171 Å². The Kier molecular flexibility index (Phi) is 7.55. The van der Waals surface area contributed by atoms with Crippen LogP contribution in [0.1, 0.15) is 29.5 Å². The molecule has 0 aliphatic carbocycles. The lowest BCUT2D eigenvalue weighted by Crippen LogP contribution is -2.31. The summed E-state index contributed by atoms with van der Waals surface area (Å²) in [6, 6.07) is 2.74. The lowest BCUT2D eigenvalue weighted by atomic mass is 10.0. The molecule has 0 unspecified atom stereocenters. The number of hydrogen-bond acceptors (Lipinski definition) is 6. The van der Waals surface area contributed by atoms with Gasteiger partial charge in [0, 0.05) is 22.9 Å². The van der Waals surface area contributed by atoms with Crippen LogP contribution in [0.15, 0.2) is 23.2 Å². The first kappa shape index (κ1) is 22.7. The van der Waals surface area contributed by atoms with Crippen LogP contribution in [0.25, 0.3) is 11.3 Å². The fraction of sp³-hybridized carbons (Fsp3) is 0.444. The average Bonchev–Trinajstić information content (AvgIpc) is 2.63. The summed E-state index contributed by atoms with van der Waals surface area (Å²) >= 11 is 1.54. The maximum atomic E-state index is 12.8. The Morgan fingerprint density at radius 3 is 2.61 bits per heavy atom. The lowest BCUT2D eigenvalue weighted by Gasteiger charge is -2.23. The molecule has 1 atom stereocenters. The molecule has 28 heavy (non-hydrogen) atoms. The van der Waals surface area contributed by atoms with Gasteiger partial charge >= 0.3 is 6.18 Å². The number of rotatable bonds is 4. The SMILES string of the molecule is Cc1c(-c2ccc(C(F)(F)F)cc2O)nnc(S[C@@H]2CCCNC2)c1CO.Cl. The zero-order valence-electron chi connectivity index (χ0n) is 15.1. The Morgan fingerprint density at radius 2 is 2.04 bits per heavy atom. The normalized spacial score (nSPS) is 17.2. The summed E-state index contributed by atoms with van der Waals surface area (Å²) < 4.78 is 38.4. The number of aromatic nitrogens is 2. The molecule has 0 spiro atoms. The first-order valence-corrected chi connectivity index (χ1v) is 9.44. The van der Waals surface area contributed by atoms with Crippen molar-refractivity contribution in [2.75, 3.05) is 13.1 Å². The van der Waals surface area contributed by atoms with Gasteiger partial charge < -0.3 is 15.5 Å². The second-order valence-electron chi connectivity index (χ2n) is 6.43. The van der Waals surface area contributed by atoms with E-state index < -0.39 is 17.5 Å². The number of alkyl halides is 3. The standard InChI is InChI=1S/C18H20F3N3O2S.ClH/c1-10-14(9-25)17(27-12-3-2-6-22-8-12)24-23-16(10)13-5-4-11(7-15(13)26)18(19,20)21;/h4-5,7,12,22,25-26H,2-3,6,8-9H2,1H3;1H/t12-;/m1./s1. The van der Waals surface area contributed by atoms with Crippen molar-refractivity contribution >= 4 is 24.2 Å². The number of aliphatic hydroxyl groups excluding tert-OH is 1. The van der Waals surface area contributed by atoms with Crippen molar-refractivity contribution in [1.29, 1.82) is 0 Å². The molecule has 1 aromatic carbocycles. The average molecular weight is 436 g/mol. The minimum absolute atomic E-state index is 0. The Morgan fingerprint density at radius 1 is 1.29 bits per heavy atom. The van der Waals surface area contributed by atoms with Gasteiger partial charge in [-0.3, -0.25) is 0 Å². The third-order valence-corrected chi connectivity index (χ3v) is 5.86. The monoisotopic (exact) mass is 435 g/mol. The largest absolute Gasteiger partial charge is 0.507 e. The predicted molar refractivity (Wildman–Crippen MR) is 104 cm³/mol. The highest BCUT2D eigenvalue weighted by Crippen LogP contribution is 2.38. The van der Waals surface area contributed by atoms with Gasteiger partial charge in [-0.2, -0.15) is 13.2 Å². The van der Waals surface area contributed by atoms with E-state index in [9.17, 15) is 23.4 Å². The highest BCUT2D eigenvalue weighted by Gasteiger charge is 2.31. The van der Waals surface area contributed by atoms with Crippen molar-refractivity contribution < 1.29 is 23.4 Å². The number of nitrogens with one attached hydrogen (secondary N) is 1. The number of aliphatic hydroxyl groups is 1. The summed E-state index contributed by atoms with van der Waals surface area (Å²) in [4.78, 5) is 0. The van der Waals surface area contributed by atoms with Crippen LogP contribution in [0, 0.1) is 6.92 Å². The van der Waals surface area contributed by atoms with Gasteiger partial charge in [0.2, 0.25) is 0 Å². The molecule has 0 saturated carbocycles. The predicted octanol–water partition coefficient (Wildman–Crippen LogP) is 3.93. The molecule has 2 heterocycles. The van der Waals surface area contributed by atoms with Crippen LogP contribution >= 0.6 is 24.2 Å². The molecular weight excluding hydrogens is 415 g/mol. The molecular formula is C18H21ClF3N3O2S. The van der Waals surface area contributed by atoms with Crippen molar-refractivity contribution in [3.8, 4) is 17.0 Å². The number of piperidine rings is 1. The molecule has 1 aliphatic heterocycles. The van der Waals surface area contributed by atoms with E-state index in [1.54, 1.807) is 6.92 Å². The number of thioether (sulfide) groups is 1. The molecule has 10 heteroatoms. The molecule has 1 saturated heterocycles. The number of hydrogen-bond donors (Lipinski definition) is 3. The third-order valence-electron chi connectivity index (χ3n) is 4.58. The number of phenols is 1. The summed E-state index contributed by atoms with van der Waals surface area (Å²) in [5, 5.41) is 32.5. The Balaban J connectivity index is 0.00000280. The smallest absolute Gasteiger partial charge is 0.416 e. The molecule has 2 aromatic rings. The lowest BCUT2D eigenvalue weighted by molar-refractivity contribution is -0.137. The van der Waals surface area contributed by atoms with Crippen LogP contribution in [0.2, 0.25) is 0 Å². The van der Waals surface area contributed by atoms with Crippen LogP contribution in [-0.2, 0) is 12.8 Å². The highest BCUT2D eigenvalue weighted by molar-refractivity contribution is 7.99. The first-order valence-electron chi connectivity index (χ1n) is 8.56. The van der Waals surface area contributed by atoms with Gasteiger partial charge in [0.05, 0.1) is 17.9 Å². The van der Waals surface area contributed by atoms with Gasteiger partial charge in [0.25, 0.3) is 0 Å². The van der Waals surface area contributed by atoms with Crippen molar-refractivity contribution in [3.05, 3.63) is 34.9 Å². The van der Waals surface area contributed by atoms with E-state index in [-0.39, 0.29) is 30.3 Å². The van der Waals surface area contributed by atoms with Crippen LogP contribution in [0.4, 0.5) is 13.2 Å². The van der Waals surface area contributed by atoms with Crippen LogP contribution in [0.5, 0.6) is 5.75 Å². The van der Waals surface area contributed by atoms with Gasteiger partial charge in [0.1, 0.15) is 10.8 Å². The fourth-order valence-corrected chi connectivity index (χ4v) is 4.31. The number of benzene rings is 1. The number of aromatic hydroxyl groups is 1. The van der Waals surface area contributed by atoms with Crippen LogP contribution in [-0.4, -0.2) is 38.7 Å². The fourth-order valence-electron chi connectivity index (χ4n) is 3.06. The van der Waals surface area contributed by atoms with E-state index in [4.69, 9.17) is 0 Å². The summed E-state index contributed by atoms with van der Waals surface area (Å²) in [6.45, 7) is 3.28. The third kappa shape index (κ3) is 4.89. The zero-order chi connectivity index (χ0) is 19.6. The van der Waals surface area contributed by atoms with Gasteiger partial charge in [-0.05, 0) is 50.1 Å². The first-order chi connectivity index (χ1) is 12.8. The molecule has 0 amide bonds. The molecule has 0 bridgehead atoms. The zero-order valence-corrected chi connectivity index (χ0v) is 16.7. The Hall–Kier alpha value is -1.55. The van der Waals surface area contributed by atoms with E-state index in [2.05, 4.69) is 15.5 Å². The number of halogens is 4.